The lowest BCUT2D eigenvalue weighted by atomic mass is 9.94. The van der Waals surface area contributed by atoms with E-state index >= 15 is 0 Å². The summed E-state index contributed by atoms with van der Waals surface area (Å²) < 4.78 is 0. The van der Waals surface area contributed by atoms with Gasteiger partial charge in [0.15, 0.2) is 0 Å². The van der Waals surface area contributed by atoms with Crippen LogP contribution in [-0.2, 0) is 6.42 Å². The van der Waals surface area contributed by atoms with Gasteiger partial charge < -0.3 is 4.90 Å². The third-order valence-corrected chi connectivity index (χ3v) is 5.68. The SMILES string of the molecule is C=C/C=C\C(C)(/C=C\C=C)N(c1ccccc1)c1ccc2c(c1)CC(C=C)=C2CC.CC.CC. The van der Waals surface area contributed by atoms with E-state index in [0.29, 0.717) is 0 Å². The summed E-state index contributed by atoms with van der Waals surface area (Å²) >= 11 is 0. The molecule has 0 amide bonds. The minimum absolute atomic E-state index is 0.390. The van der Waals surface area contributed by atoms with Gasteiger partial charge in [0, 0.05) is 11.4 Å². The molecule has 0 aromatic heterocycles. The lowest BCUT2D eigenvalue weighted by molar-refractivity contribution is 0.700. The summed E-state index contributed by atoms with van der Waals surface area (Å²) in [5, 5.41) is 0. The number of rotatable bonds is 9. The van der Waals surface area contributed by atoms with E-state index < -0.39 is 5.54 Å². The Balaban J connectivity index is 0.00000137. The summed E-state index contributed by atoms with van der Waals surface area (Å²) in [4.78, 5) is 2.37. The molecular formula is C33H43N. The predicted octanol–water partition coefficient (Wildman–Crippen LogP) is 10.0. The van der Waals surface area contributed by atoms with Crippen LogP contribution in [0.5, 0.6) is 0 Å². The van der Waals surface area contributed by atoms with Gasteiger partial charge in [-0.25, -0.2) is 0 Å². The Morgan fingerprint density at radius 2 is 1.44 bits per heavy atom. The average molecular weight is 454 g/mol. The number of anilines is 2. The predicted molar refractivity (Wildman–Crippen MR) is 156 cm³/mol. The number of nitrogens with zero attached hydrogens (tertiary/aromatic N) is 1. The molecule has 1 heteroatoms. The normalized spacial score (nSPS) is 12.4. The lowest BCUT2D eigenvalue weighted by Crippen LogP contribution is -2.40. The van der Waals surface area contributed by atoms with Crippen molar-refractivity contribution in [1.82, 2.24) is 0 Å². The van der Waals surface area contributed by atoms with Gasteiger partial charge in [-0.15, -0.1) is 0 Å². The van der Waals surface area contributed by atoms with E-state index in [2.05, 4.69) is 99.2 Å². The number of fused-ring (bicyclic) bond motifs is 1. The molecule has 0 bridgehead atoms. The first-order valence-electron chi connectivity index (χ1n) is 12.5. The molecule has 1 aliphatic carbocycles. The van der Waals surface area contributed by atoms with Crippen molar-refractivity contribution in [3.05, 3.63) is 127 Å². The van der Waals surface area contributed by atoms with Crippen molar-refractivity contribution in [1.29, 1.82) is 0 Å². The molecule has 0 fully saturated rings. The molecule has 180 valence electrons. The van der Waals surface area contributed by atoms with Crippen LogP contribution in [0, 0.1) is 0 Å². The molecule has 0 spiro atoms. The van der Waals surface area contributed by atoms with Gasteiger partial charge in [-0.1, -0.05) is 121 Å². The highest BCUT2D eigenvalue weighted by atomic mass is 15.2. The summed E-state index contributed by atoms with van der Waals surface area (Å²) in [5.74, 6) is 0. The Morgan fingerprint density at radius 1 is 0.853 bits per heavy atom. The van der Waals surface area contributed by atoms with Crippen molar-refractivity contribution < 1.29 is 0 Å². The van der Waals surface area contributed by atoms with Gasteiger partial charge in [0.25, 0.3) is 0 Å². The first-order chi connectivity index (χ1) is 16.6. The van der Waals surface area contributed by atoms with E-state index in [0.717, 1.165) is 24.2 Å². The van der Waals surface area contributed by atoms with Crippen molar-refractivity contribution in [2.45, 2.75) is 59.9 Å². The summed E-state index contributed by atoms with van der Waals surface area (Å²) in [6.45, 7) is 24.2. The van der Waals surface area contributed by atoms with Gasteiger partial charge >= 0.3 is 0 Å². The van der Waals surface area contributed by atoms with Gasteiger partial charge in [0.2, 0.25) is 0 Å². The van der Waals surface area contributed by atoms with Gasteiger partial charge in [0.1, 0.15) is 0 Å². The van der Waals surface area contributed by atoms with Crippen LogP contribution in [0.4, 0.5) is 11.4 Å². The highest BCUT2D eigenvalue weighted by Crippen LogP contribution is 2.41. The van der Waals surface area contributed by atoms with Crippen molar-refractivity contribution in [3.63, 3.8) is 0 Å². The summed E-state index contributed by atoms with van der Waals surface area (Å²) in [5.41, 5.74) is 7.38. The Bertz CT molecular complexity index is 1000. The van der Waals surface area contributed by atoms with Gasteiger partial charge in [-0.2, -0.15) is 0 Å². The Kier molecular flexibility index (Phi) is 12.5. The smallest absolute Gasteiger partial charge is 0.0794 e. The summed E-state index contributed by atoms with van der Waals surface area (Å²) in [7, 11) is 0. The van der Waals surface area contributed by atoms with Gasteiger partial charge in [0.05, 0.1) is 5.54 Å². The highest BCUT2D eigenvalue weighted by molar-refractivity contribution is 5.81. The number of hydrogen-bond acceptors (Lipinski definition) is 1. The van der Waals surface area contributed by atoms with Crippen molar-refractivity contribution in [2.75, 3.05) is 4.90 Å². The molecule has 2 aromatic rings. The lowest BCUT2D eigenvalue weighted by Gasteiger charge is -2.39. The van der Waals surface area contributed by atoms with Crippen LogP contribution in [0.25, 0.3) is 5.57 Å². The average Bonchev–Trinajstić information content (AvgIpc) is 3.26. The summed E-state index contributed by atoms with van der Waals surface area (Å²) in [6, 6.07) is 17.3. The first kappa shape index (κ1) is 28.7. The Labute approximate surface area is 209 Å². The molecule has 0 saturated carbocycles. The molecule has 34 heavy (non-hydrogen) atoms. The maximum absolute atomic E-state index is 4.03. The van der Waals surface area contributed by atoms with Crippen molar-refractivity contribution in [3.8, 4) is 0 Å². The Morgan fingerprint density at radius 3 is 1.94 bits per heavy atom. The molecular weight excluding hydrogens is 410 g/mol. The molecule has 1 aliphatic rings. The largest absolute Gasteiger partial charge is 0.329 e. The maximum Gasteiger partial charge on any atom is 0.0794 e. The zero-order chi connectivity index (χ0) is 25.6. The Hall–Kier alpha value is -3.32. The van der Waals surface area contributed by atoms with Crippen LogP contribution in [0.3, 0.4) is 0 Å². The third kappa shape index (κ3) is 6.60. The van der Waals surface area contributed by atoms with Gasteiger partial charge in [-0.3, -0.25) is 0 Å². The van der Waals surface area contributed by atoms with Gasteiger partial charge in [-0.05, 0) is 66.3 Å². The van der Waals surface area contributed by atoms with Crippen molar-refractivity contribution in [2.24, 2.45) is 0 Å². The van der Waals surface area contributed by atoms with E-state index in [4.69, 9.17) is 0 Å². The van der Waals surface area contributed by atoms with E-state index in [1.165, 1.54) is 22.3 Å². The molecule has 1 nitrogen and oxygen atoms in total. The number of benzene rings is 2. The zero-order valence-corrected chi connectivity index (χ0v) is 22.1. The molecule has 0 saturated heterocycles. The molecule has 0 aliphatic heterocycles. The second-order valence-electron chi connectivity index (χ2n) is 7.67. The van der Waals surface area contributed by atoms with E-state index in [1.54, 1.807) is 0 Å². The summed E-state index contributed by atoms with van der Waals surface area (Å²) in [6.07, 6.45) is 16.0. The second-order valence-corrected chi connectivity index (χ2v) is 7.67. The first-order valence-corrected chi connectivity index (χ1v) is 12.5. The van der Waals surface area contributed by atoms with Crippen LogP contribution in [0.1, 0.15) is 59.1 Å². The second kappa shape index (κ2) is 14.8. The van der Waals surface area contributed by atoms with Crippen LogP contribution in [-0.4, -0.2) is 5.54 Å². The molecule has 2 aromatic carbocycles. The standard InChI is InChI=1S/C29H31N.2C2H6/c1-6-10-19-29(5,20-11-7-2)30(25-15-13-12-14-16-25)26-17-18-28-24(22-26)21-23(8-3)27(28)9-4;2*1-2/h6-8,10-20,22H,1-3,9,21H2,4-5H3;2*1-2H3/b19-10-,20-11-;;. The molecule has 0 radical (unpaired) electrons. The number of para-hydroxylation sites is 1. The zero-order valence-electron chi connectivity index (χ0n) is 22.1. The van der Waals surface area contributed by atoms with E-state index in [9.17, 15) is 0 Å². The monoisotopic (exact) mass is 453 g/mol. The number of hydrogen-bond donors (Lipinski definition) is 0. The minimum Gasteiger partial charge on any atom is -0.329 e. The van der Waals surface area contributed by atoms with Crippen molar-refractivity contribution >= 4 is 16.9 Å². The quantitative estimate of drug-likeness (QED) is 0.341. The van der Waals surface area contributed by atoms with Crippen LogP contribution >= 0.6 is 0 Å². The van der Waals surface area contributed by atoms with E-state index in [1.807, 2.05) is 58.1 Å². The molecule has 0 atom stereocenters. The molecule has 0 heterocycles. The van der Waals surface area contributed by atoms with Crippen LogP contribution in [0.15, 0.2) is 116 Å². The van der Waals surface area contributed by atoms with E-state index in [-0.39, 0.29) is 0 Å². The fourth-order valence-corrected chi connectivity index (χ4v) is 4.27. The number of allylic oxidation sites excluding steroid dienone is 7. The highest BCUT2D eigenvalue weighted by Gasteiger charge is 2.29. The molecule has 3 rings (SSSR count). The fraction of sp³-hybridized carbons (Fsp3) is 0.273. The fourth-order valence-electron chi connectivity index (χ4n) is 4.27. The molecule has 0 unspecified atom stereocenters. The third-order valence-electron chi connectivity index (χ3n) is 5.68. The minimum atomic E-state index is -0.390. The van der Waals surface area contributed by atoms with Crippen LogP contribution in [0.2, 0.25) is 0 Å². The maximum atomic E-state index is 4.03. The van der Waals surface area contributed by atoms with Crippen LogP contribution < -0.4 is 4.90 Å². The topological polar surface area (TPSA) is 3.24 Å². The molecule has 0 N–H and O–H groups in total.